The van der Waals surface area contributed by atoms with Gasteiger partial charge < -0.3 is 80.2 Å². The molecular weight excluding hydrogens is 688 g/mol. The lowest BCUT2D eigenvalue weighted by Gasteiger charge is -2.45. The zero-order valence-electron chi connectivity index (χ0n) is 27.2. The highest BCUT2D eigenvalue weighted by molar-refractivity contribution is 5.66. The molecular formula is C36H36O16. The fraction of sp³-hybridized carbons (Fsp3) is 0.333. The van der Waals surface area contributed by atoms with E-state index in [1.54, 1.807) is 0 Å². The van der Waals surface area contributed by atoms with E-state index in [-0.39, 0.29) is 45.7 Å². The van der Waals surface area contributed by atoms with Gasteiger partial charge in [-0.25, -0.2) is 0 Å². The van der Waals surface area contributed by atoms with Crippen molar-refractivity contribution in [2.45, 2.75) is 74.4 Å². The molecule has 0 spiro atoms. The second kappa shape index (κ2) is 13.0. The van der Waals surface area contributed by atoms with Crippen molar-refractivity contribution in [2.24, 2.45) is 0 Å². The Kier molecular flexibility index (Phi) is 8.77. The summed E-state index contributed by atoms with van der Waals surface area (Å²) in [5.74, 6) is -5.86. The van der Waals surface area contributed by atoms with Crippen molar-refractivity contribution in [3.8, 4) is 57.5 Å². The van der Waals surface area contributed by atoms with Gasteiger partial charge in [0, 0.05) is 41.3 Å². The largest absolute Gasteiger partial charge is 0.508 e. The van der Waals surface area contributed by atoms with E-state index in [9.17, 15) is 61.3 Å². The summed E-state index contributed by atoms with van der Waals surface area (Å²) in [5.41, 5.74) is 0.101. The summed E-state index contributed by atoms with van der Waals surface area (Å²) in [6.07, 6.45) is -13.6. The maximum atomic E-state index is 11.7. The van der Waals surface area contributed by atoms with E-state index < -0.39 is 107 Å². The average Bonchev–Trinajstić information content (AvgIpc) is 3.09. The van der Waals surface area contributed by atoms with Crippen molar-refractivity contribution in [1.29, 1.82) is 0 Å². The standard InChI is InChI=1S/C36H36O16/c1-12-29(46)30(47)31(48)36(49-12)52-35-28(26-22(43)8-15(37)9-25(26)50-33(35)14-3-5-18(39)21(42)7-14)27-23(44)11-19(40)16-10-24(45)32(51-34(16)27)13-2-4-17(38)20(41)6-13/h2-9,11-12,24,28-33,35-48H,10H2,1H3/t12-,24-,28+,29-,30+,31+,32+,33+,35-,36-/m0/s1. The van der Waals surface area contributed by atoms with Crippen LogP contribution in [0.4, 0.5) is 0 Å². The molecule has 52 heavy (non-hydrogen) atoms. The molecule has 3 aliphatic rings. The Balaban J connectivity index is 1.46. The highest BCUT2D eigenvalue weighted by Crippen LogP contribution is 2.58. The quantitative estimate of drug-likeness (QED) is 0.131. The van der Waals surface area contributed by atoms with Crippen LogP contribution in [-0.4, -0.2) is 104 Å². The third-order valence-corrected chi connectivity index (χ3v) is 9.75. The number of hydrogen-bond donors (Lipinski definition) is 12. The van der Waals surface area contributed by atoms with Crippen LogP contribution < -0.4 is 9.47 Å². The number of rotatable bonds is 5. The predicted molar refractivity (Wildman–Crippen MR) is 175 cm³/mol. The lowest BCUT2D eigenvalue weighted by molar-refractivity contribution is -0.312. The van der Waals surface area contributed by atoms with Crippen LogP contribution in [0, 0.1) is 0 Å². The molecule has 16 heteroatoms. The first-order chi connectivity index (χ1) is 24.6. The van der Waals surface area contributed by atoms with Crippen LogP contribution >= 0.6 is 0 Å². The number of aliphatic hydroxyl groups excluding tert-OH is 4. The van der Waals surface area contributed by atoms with E-state index in [4.69, 9.17) is 18.9 Å². The topological polar surface area (TPSA) is 280 Å². The molecule has 1 fully saturated rings. The Morgan fingerprint density at radius 2 is 1.21 bits per heavy atom. The molecule has 16 nitrogen and oxygen atoms in total. The van der Waals surface area contributed by atoms with Gasteiger partial charge in [0.05, 0.1) is 18.1 Å². The molecule has 0 saturated carbocycles. The summed E-state index contributed by atoms with van der Waals surface area (Å²) < 4.78 is 24.8. The van der Waals surface area contributed by atoms with Crippen molar-refractivity contribution in [3.05, 3.63) is 82.4 Å². The monoisotopic (exact) mass is 724 g/mol. The average molecular weight is 725 g/mol. The van der Waals surface area contributed by atoms with Gasteiger partial charge in [-0.1, -0.05) is 12.1 Å². The predicted octanol–water partition coefficient (Wildman–Crippen LogP) is 1.85. The van der Waals surface area contributed by atoms with Gasteiger partial charge in [-0.15, -0.1) is 0 Å². The summed E-state index contributed by atoms with van der Waals surface area (Å²) in [4.78, 5) is 0. The first-order valence-corrected chi connectivity index (χ1v) is 16.2. The zero-order chi connectivity index (χ0) is 37.3. The van der Waals surface area contributed by atoms with Crippen LogP contribution in [-0.2, 0) is 15.9 Å². The number of aliphatic hydroxyl groups is 4. The van der Waals surface area contributed by atoms with E-state index in [2.05, 4.69) is 0 Å². The summed E-state index contributed by atoms with van der Waals surface area (Å²) >= 11 is 0. The molecule has 276 valence electrons. The van der Waals surface area contributed by atoms with Crippen LogP contribution in [0.15, 0.2) is 54.6 Å². The minimum Gasteiger partial charge on any atom is -0.508 e. The van der Waals surface area contributed by atoms with Crippen molar-refractivity contribution >= 4 is 0 Å². The van der Waals surface area contributed by atoms with Gasteiger partial charge in [-0.05, 0) is 42.3 Å². The molecule has 3 heterocycles. The third kappa shape index (κ3) is 5.84. The minimum atomic E-state index is -1.85. The highest BCUT2D eigenvalue weighted by Gasteiger charge is 2.51. The number of ether oxygens (including phenoxy) is 4. The van der Waals surface area contributed by atoms with Gasteiger partial charge in [0.15, 0.2) is 35.4 Å². The minimum absolute atomic E-state index is 0.0181. The number of phenolic OH excluding ortho intramolecular Hbond substituents is 8. The Bertz CT molecular complexity index is 2020. The number of benzene rings is 4. The molecule has 0 radical (unpaired) electrons. The second-order valence-electron chi connectivity index (χ2n) is 13.1. The number of phenols is 8. The van der Waals surface area contributed by atoms with E-state index in [0.29, 0.717) is 0 Å². The first kappa shape index (κ1) is 35.1. The number of hydrogen-bond acceptors (Lipinski definition) is 16. The molecule has 0 aromatic heterocycles. The second-order valence-corrected chi connectivity index (χ2v) is 13.1. The lowest BCUT2D eigenvalue weighted by atomic mass is 9.77. The Hall–Kier alpha value is -5.36. The van der Waals surface area contributed by atoms with Crippen LogP contribution in [0.3, 0.4) is 0 Å². The van der Waals surface area contributed by atoms with Gasteiger partial charge in [-0.2, -0.15) is 0 Å². The molecule has 0 unspecified atom stereocenters. The Labute approximate surface area is 294 Å². The molecule has 4 aromatic rings. The smallest absolute Gasteiger partial charge is 0.187 e. The number of fused-ring (bicyclic) bond motifs is 2. The highest BCUT2D eigenvalue weighted by atomic mass is 16.7. The van der Waals surface area contributed by atoms with Crippen molar-refractivity contribution in [2.75, 3.05) is 0 Å². The summed E-state index contributed by atoms with van der Waals surface area (Å²) in [6.45, 7) is 1.42. The van der Waals surface area contributed by atoms with Crippen LogP contribution in [0.5, 0.6) is 57.5 Å². The van der Waals surface area contributed by atoms with E-state index in [0.717, 1.165) is 36.4 Å². The van der Waals surface area contributed by atoms with Crippen LogP contribution in [0.1, 0.15) is 52.9 Å². The maximum Gasteiger partial charge on any atom is 0.187 e. The first-order valence-electron chi connectivity index (χ1n) is 16.2. The van der Waals surface area contributed by atoms with Crippen LogP contribution in [0.25, 0.3) is 0 Å². The van der Waals surface area contributed by atoms with E-state index >= 15 is 0 Å². The van der Waals surface area contributed by atoms with E-state index in [1.807, 2.05) is 0 Å². The molecule has 7 rings (SSSR count). The molecule has 0 amide bonds. The third-order valence-electron chi connectivity index (χ3n) is 9.75. The molecule has 1 saturated heterocycles. The molecule has 10 atom stereocenters. The lowest BCUT2D eigenvalue weighted by Crippen LogP contribution is -2.58. The van der Waals surface area contributed by atoms with Gasteiger partial charge >= 0.3 is 0 Å². The molecule has 4 aromatic carbocycles. The normalized spacial score (nSPS) is 29.7. The van der Waals surface area contributed by atoms with Crippen molar-refractivity contribution in [3.63, 3.8) is 0 Å². The van der Waals surface area contributed by atoms with E-state index in [1.165, 1.54) is 25.1 Å². The number of aromatic hydroxyl groups is 8. The van der Waals surface area contributed by atoms with Gasteiger partial charge in [0.1, 0.15) is 65.0 Å². The van der Waals surface area contributed by atoms with Crippen molar-refractivity contribution in [1.82, 2.24) is 0 Å². The summed E-state index contributed by atoms with van der Waals surface area (Å²) in [5, 5.41) is 128. The SMILES string of the molecule is C[C@@H]1O[C@@H](O[C@H]2[C@@H](c3c(O)cc(O)c4c3O[C@H](c3ccc(O)c(O)c3)[C@@H](O)C4)c3c(O)cc(O)cc3O[C@@H]2c2ccc(O)c(O)c2)[C@H](O)[C@H](O)[C@H]1O. The zero-order valence-corrected chi connectivity index (χ0v) is 27.2. The summed E-state index contributed by atoms with van der Waals surface area (Å²) in [7, 11) is 0. The van der Waals surface area contributed by atoms with Gasteiger partial charge in [0.2, 0.25) is 0 Å². The Morgan fingerprint density at radius 3 is 1.85 bits per heavy atom. The maximum absolute atomic E-state index is 11.7. The van der Waals surface area contributed by atoms with Crippen LogP contribution in [0.2, 0.25) is 0 Å². The molecule has 0 aliphatic carbocycles. The van der Waals surface area contributed by atoms with Crippen molar-refractivity contribution < 1.29 is 80.2 Å². The van der Waals surface area contributed by atoms with Gasteiger partial charge in [-0.3, -0.25) is 0 Å². The Morgan fingerprint density at radius 1 is 0.596 bits per heavy atom. The fourth-order valence-electron chi connectivity index (χ4n) is 7.12. The van der Waals surface area contributed by atoms with Gasteiger partial charge in [0.25, 0.3) is 0 Å². The molecule has 0 bridgehead atoms. The summed E-state index contributed by atoms with van der Waals surface area (Å²) in [6, 6.07) is 10.5. The molecule has 3 aliphatic heterocycles. The molecule has 12 N–H and O–H groups in total. The fourth-order valence-corrected chi connectivity index (χ4v) is 7.12.